The van der Waals surface area contributed by atoms with Crippen molar-refractivity contribution in [3.63, 3.8) is 0 Å². The Labute approximate surface area is 115 Å². The van der Waals surface area contributed by atoms with E-state index in [1.165, 1.54) is 0 Å². The lowest BCUT2D eigenvalue weighted by molar-refractivity contribution is -0.131. The van der Waals surface area contributed by atoms with E-state index < -0.39 is 0 Å². The van der Waals surface area contributed by atoms with Gasteiger partial charge in [-0.3, -0.25) is 4.79 Å². The number of piperidine rings is 1. The summed E-state index contributed by atoms with van der Waals surface area (Å²) in [5.74, 6) is 0.224. The number of carbonyl (C=O) groups excluding carboxylic acids is 1. The first-order chi connectivity index (χ1) is 9.06. The number of rotatable bonds is 3. The predicted molar refractivity (Wildman–Crippen MR) is 77.8 cm³/mol. The highest BCUT2D eigenvalue weighted by atomic mass is 16.2. The van der Waals surface area contributed by atoms with E-state index in [0.717, 1.165) is 37.2 Å². The molecule has 1 amide bonds. The Morgan fingerprint density at radius 2 is 1.84 bits per heavy atom. The van der Waals surface area contributed by atoms with Crippen LogP contribution in [0.15, 0.2) is 24.3 Å². The van der Waals surface area contributed by atoms with Gasteiger partial charge in [0, 0.05) is 24.8 Å². The Morgan fingerprint density at radius 3 is 2.37 bits per heavy atom. The lowest BCUT2D eigenvalue weighted by Crippen LogP contribution is -2.44. The van der Waals surface area contributed by atoms with Crippen molar-refractivity contribution in [2.45, 2.75) is 25.3 Å². The molecule has 1 aliphatic heterocycles. The molecule has 2 rings (SSSR count). The van der Waals surface area contributed by atoms with Crippen molar-refractivity contribution >= 4 is 11.6 Å². The molecule has 19 heavy (non-hydrogen) atoms. The van der Waals surface area contributed by atoms with Crippen LogP contribution in [0.25, 0.3) is 0 Å². The molecule has 1 fully saturated rings. The summed E-state index contributed by atoms with van der Waals surface area (Å²) < 4.78 is 0. The Kier molecular flexibility index (Phi) is 4.43. The van der Waals surface area contributed by atoms with E-state index in [1.54, 1.807) is 0 Å². The van der Waals surface area contributed by atoms with E-state index in [2.05, 4.69) is 19.0 Å². The highest BCUT2D eigenvalue weighted by Gasteiger charge is 2.23. The van der Waals surface area contributed by atoms with Crippen molar-refractivity contribution in [2.24, 2.45) is 0 Å². The molecule has 1 heterocycles. The summed E-state index contributed by atoms with van der Waals surface area (Å²) in [5.41, 5.74) is 7.42. The molecule has 104 valence electrons. The van der Waals surface area contributed by atoms with Gasteiger partial charge in [0.2, 0.25) is 5.91 Å². The van der Waals surface area contributed by atoms with Gasteiger partial charge in [0.05, 0.1) is 6.42 Å². The third-order valence-corrected chi connectivity index (χ3v) is 3.88. The van der Waals surface area contributed by atoms with Gasteiger partial charge >= 0.3 is 0 Å². The minimum absolute atomic E-state index is 0.224. The summed E-state index contributed by atoms with van der Waals surface area (Å²) in [5, 5.41) is 0. The lowest BCUT2D eigenvalue weighted by atomic mass is 10.0. The molecule has 1 saturated heterocycles. The Hall–Kier alpha value is -1.55. The molecule has 0 radical (unpaired) electrons. The van der Waals surface area contributed by atoms with Crippen molar-refractivity contribution in [3.05, 3.63) is 29.8 Å². The number of likely N-dealkylation sites (tertiary alicyclic amines) is 1. The van der Waals surface area contributed by atoms with Gasteiger partial charge in [-0.15, -0.1) is 0 Å². The van der Waals surface area contributed by atoms with E-state index in [4.69, 9.17) is 5.73 Å². The maximum absolute atomic E-state index is 12.2. The van der Waals surface area contributed by atoms with Gasteiger partial charge in [-0.1, -0.05) is 12.1 Å². The van der Waals surface area contributed by atoms with Crippen molar-refractivity contribution in [1.29, 1.82) is 0 Å². The summed E-state index contributed by atoms with van der Waals surface area (Å²) >= 11 is 0. The summed E-state index contributed by atoms with van der Waals surface area (Å²) in [6.45, 7) is 1.74. The maximum atomic E-state index is 12.2. The van der Waals surface area contributed by atoms with Crippen LogP contribution in [0.4, 0.5) is 5.69 Å². The third kappa shape index (κ3) is 3.70. The second kappa shape index (κ2) is 6.06. The third-order valence-electron chi connectivity index (χ3n) is 3.88. The number of benzene rings is 1. The molecule has 0 atom stereocenters. The van der Waals surface area contributed by atoms with Crippen LogP contribution in [0.3, 0.4) is 0 Å². The van der Waals surface area contributed by atoms with E-state index in [9.17, 15) is 4.79 Å². The van der Waals surface area contributed by atoms with Crippen LogP contribution < -0.4 is 5.73 Å². The van der Waals surface area contributed by atoms with E-state index >= 15 is 0 Å². The monoisotopic (exact) mass is 261 g/mol. The molecule has 1 aromatic carbocycles. The van der Waals surface area contributed by atoms with Crippen molar-refractivity contribution < 1.29 is 4.79 Å². The zero-order chi connectivity index (χ0) is 13.8. The number of anilines is 1. The fourth-order valence-electron chi connectivity index (χ4n) is 2.55. The molecule has 0 spiro atoms. The lowest BCUT2D eigenvalue weighted by Gasteiger charge is -2.35. The van der Waals surface area contributed by atoms with Crippen LogP contribution in [-0.2, 0) is 11.2 Å². The van der Waals surface area contributed by atoms with Crippen LogP contribution in [-0.4, -0.2) is 48.9 Å². The van der Waals surface area contributed by atoms with Gasteiger partial charge in [0.25, 0.3) is 0 Å². The fourth-order valence-corrected chi connectivity index (χ4v) is 2.55. The number of nitrogens with zero attached hydrogens (tertiary/aromatic N) is 2. The second-order valence-electron chi connectivity index (χ2n) is 5.49. The number of carbonyl (C=O) groups is 1. The van der Waals surface area contributed by atoms with E-state index in [1.807, 2.05) is 29.2 Å². The summed E-state index contributed by atoms with van der Waals surface area (Å²) in [7, 11) is 4.22. The van der Waals surface area contributed by atoms with Gasteiger partial charge in [-0.2, -0.15) is 0 Å². The van der Waals surface area contributed by atoms with Gasteiger partial charge in [-0.25, -0.2) is 0 Å². The number of nitrogens with two attached hydrogens (primary N) is 1. The minimum atomic E-state index is 0.224. The van der Waals surface area contributed by atoms with Crippen LogP contribution in [0.2, 0.25) is 0 Å². The summed E-state index contributed by atoms with van der Waals surface area (Å²) in [4.78, 5) is 16.4. The first-order valence-corrected chi connectivity index (χ1v) is 6.85. The molecule has 4 heteroatoms. The van der Waals surface area contributed by atoms with Gasteiger partial charge in [0.15, 0.2) is 0 Å². The minimum Gasteiger partial charge on any atom is -0.399 e. The molecule has 4 nitrogen and oxygen atoms in total. The Morgan fingerprint density at radius 1 is 1.26 bits per heavy atom. The van der Waals surface area contributed by atoms with Gasteiger partial charge in [0.1, 0.15) is 0 Å². The van der Waals surface area contributed by atoms with Crippen molar-refractivity contribution in [2.75, 3.05) is 32.9 Å². The first kappa shape index (κ1) is 13.9. The number of hydrogen-bond donors (Lipinski definition) is 1. The van der Waals surface area contributed by atoms with Crippen molar-refractivity contribution in [1.82, 2.24) is 9.80 Å². The Bertz CT molecular complexity index is 420. The average Bonchev–Trinajstić information content (AvgIpc) is 2.41. The Balaban J connectivity index is 1.86. The molecular weight excluding hydrogens is 238 g/mol. The summed E-state index contributed by atoms with van der Waals surface area (Å²) in [6, 6.07) is 8.17. The topological polar surface area (TPSA) is 49.6 Å². The predicted octanol–water partition coefficient (Wildman–Crippen LogP) is 1.36. The molecule has 0 saturated carbocycles. The second-order valence-corrected chi connectivity index (χ2v) is 5.49. The number of nitrogen functional groups attached to an aromatic ring is 1. The SMILES string of the molecule is CN(C)C1CCN(C(=O)Cc2ccc(N)cc2)CC1. The zero-order valence-electron chi connectivity index (χ0n) is 11.8. The molecule has 0 aliphatic carbocycles. The largest absolute Gasteiger partial charge is 0.399 e. The quantitative estimate of drug-likeness (QED) is 0.836. The van der Waals surface area contributed by atoms with Crippen molar-refractivity contribution in [3.8, 4) is 0 Å². The molecule has 1 aromatic rings. The molecular formula is C15H23N3O. The molecule has 0 bridgehead atoms. The van der Waals surface area contributed by atoms with Crippen LogP contribution >= 0.6 is 0 Å². The molecule has 1 aliphatic rings. The first-order valence-electron chi connectivity index (χ1n) is 6.85. The van der Waals surface area contributed by atoms with Gasteiger partial charge in [-0.05, 0) is 44.6 Å². The normalized spacial score (nSPS) is 16.9. The highest BCUT2D eigenvalue weighted by Crippen LogP contribution is 2.15. The van der Waals surface area contributed by atoms with Crippen LogP contribution in [0, 0.1) is 0 Å². The zero-order valence-corrected chi connectivity index (χ0v) is 11.8. The van der Waals surface area contributed by atoms with Crippen LogP contribution in [0.5, 0.6) is 0 Å². The average molecular weight is 261 g/mol. The molecule has 0 aromatic heterocycles. The highest BCUT2D eigenvalue weighted by molar-refractivity contribution is 5.79. The van der Waals surface area contributed by atoms with E-state index in [0.29, 0.717) is 12.5 Å². The maximum Gasteiger partial charge on any atom is 0.226 e. The van der Waals surface area contributed by atoms with Gasteiger partial charge < -0.3 is 15.5 Å². The summed E-state index contributed by atoms with van der Waals surface area (Å²) in [6.07, 6.45) is 2.62. The molecule has 0 unspecified atom stereocenters. The van der Waals surface area contributed by atoms with Crippen LogP contribution in [0.1, 0.15) is 18.4 Å². The smallest absolute Gasteiger partial charge is 0.226 e. The number of hydrogen-bond acceptors (Lipinski definition) is 3. The standard InChI is InChI=1S/C15H23N3O/c1-17(2)14-7-9-18(10-8-14)15(19)11-12-3-5-13(16)6-4-12/h3-6,14H,7-11,16H2,1-2H3. The number of amides is 1. The molecule has 2 N–H and O–H groups in total. The fraction of sp³-hybridized carbons (Fsp3) is 0.533. The van der Waals surface area contributed by atoms with E-state index in [-0.39, 0.29) is 5.91 Å².